The van der Waals surface area contributed by atoms with E-state index in [2.05, 4.69) is 48.8 Å². The third-order valence-electron chi connectivity index (χ3n) is 10.1. The standard InChI is InChI=1S/C36H44F2N8O3/c1-4-36(47)42-29-18-30(41-34-20-35(40-22-39-34)46-31(9-14-49-46)24-15-25(37)17-26(38)16-24)33(48-3)19-32(29)43-10-7-27(8-11-43)44-12-13-45(23(2)21-44)28-5-6-28/h4,15-20,22-23,27-28,31H,1,5-14,21H2,2-3H3,(H,42,47)(H,39,40,41)/t23-,31-/m1/s1. The first kappa shape index (κ1) is 33.2. The van der Waals surface area contributed by atoms with Gasteiger partial charge >= 0.3 is 0 Å². The molecule has 13 heteroatoms. The summed E-state index contributed by atoms with van der Waals surface area (Å²) < 4.78 is 33.9. The summed E-state index contributed by atoms with van der Waals surface area (Å²) in [6.07, 6.45) is 7.95. The Balaban J connectivity index is 1.08. The summed E-state index contributed by atoms with van der Waals surface area (Å²) in [5.74, 6) is -0.180. The molecule has 4 aliphatic rings. The summed E-state index contributed by atoms with van der Waals surface area (Å²) >= 11 is 0. The molecule has 49 heavy (non-hydrogen) atoms. The van der Waals surface area contributed by atoms with Crippen molar-refractivity contribution >= 4 is 34.6 Å². The first-order valence-electron chi connectivity index (χ1n) is 17.2. The number of piperazine rings is 1. The zero-order valence-electron chi connectivity index (χ0n) is 28.1. The minimum Gasteiger partial charge on any atom is -0.494 e. The van der Waals surface area contributed by atoms with E-state index in [0.717, 1.165) is 63.4 Å². The average Bonchev–Trinajstić information content (AvgIpc) is 3.82. The van der Waals surface area contributed by atoms with E-state index >= 15 is 0 Å². The highest BCUT2D eigenvalue weighted by Crippen LogP contribution is 2.41. The molecule has 7 rings (SSSR count). The second kappa shape index (κ2) is 14.3. The Labute approximate surface area is 285 Å². The number of halogens is 2. The molecular formula is C36H44F2N8O3. The van der Waals surface area contributed by atoms with Gasteiger partial charge in [-0.15, -0.1) is 0 Å². The monoisotopic (exact) mass is 674 g/mol. The number of nitrogens with zero attached hydrogens (tertiary/aromatic N) is 6. The number of methoxy groups -OCH3 is 1. The van der Waals surface area contributed by atoms with Crippen LogP contribution >= 0.6 is 0 Å². The Morgan fingerprint density at radius 1 is 0.959 bits per heavy atom. The van der Waals surface area contributed by atoms with E-state index in [9.17, 15) is 13.6 Å². The molecule has 1 saturated carbocycles. The van der Waals surface area contributed by atoms with E-state index < -0.39 is 17.7 Å². The molecule has 2 aromatic carbocycles. The lowest BCUT2D eigenvalue weighted by molar-refractivity contribution is -0.111. The van der Waals surface area contributed by atoms with E-state index in [0.29, 0.717) is 59.4 Å². The fourth-order valence-electron chi connectivity index (χ4n) is 7.57. The summed E-state index contributed by atoms with van der Waals surface area (Å²) in [7, 11) is 1.60. The van der Waals surface area contributed by atoms with E-state index in [1.165, 1.54) is 37.4 Å². The molecule has 3 saturated heterocycles. The number of aromatic nitrogens is 2. The highest BCUT2D eigenvalue weighted by atomic mass is 19.1. The molecule has 0 bridgehead atoms. The van der Waals surface area contributed by atoms with Crippen molar-refractivity contribution in [2.75, 3.05) is 67.0 Å². The van der Waals surface area contributed by atoms with Gasteiger partial charge in [-0.05, 0) is 62.4 Å². The predicted molar refractivity (Wildman–Crippen MR) is 185 cm³/mol. The van der Waals surface area contributed by atoms with Gasteiger partial charge in [0.05, 0.1) is 36.8 Å². The SMILES string of the molecule is C=CC(=O)Nc1cc(Nc2cc(N3OCC[C@@H]3c3cc(F)cc(F)c3)ncn2)c(OC)cc1N1CCC(N2CCN(C3CC3)[C@H](C)C2)CC1. The minimum atomic E-state index is -0.650. The molecule has 2 atom stereocenters. The van der Waals surface area contributed by atoms with Crippen LogP contribution in [0.2, 0.25) is 0 Å². The van der Waals surface area contributed by atoms with Crippen LogP contribution in [0.25, 0.3) is 0 Å². The summed E-state index contributed by atoms with van der Waals surface area (Å²) in [5, 5.41) is 7.85. The van der Waals surface area contributed by atoms with Crippen molar-refractivity contribution in [2.24, 2.45) is 0 Å². The smallest absolute Gasteiger partial charge is 0.247 e. The molecule has 11 nitrogen and oxygen atoms in total. The van der Waals surface area contributed by atoms with Gasteiger partial charge in [0.15, 0.2) is 5.82 Å². The molecule has 3 aromatic rings. The topological polar surface area (TPSA) is 98.3 Å². The van der Waals surface area contributed by atoms with Crippen LogP contribution in [0, 0.1) is 11.6 Å². The number of hydroxylamine groups is 1. The lowest BCUT2D eigenvalue weighted by Crippen LogP contribution is -2.57. The molecule has 1 aliphatic carbocycles. The van der Waals surface area contributed by atoms with Gasteiger partial charge in [0.25, 0.3) is 0 Å². The molecular weight excluding hydrogens is 630 g/mol. The number of rotatable bonds is 10. The van der Waals surface area contributed by atoms with Crippen LogP contribution in [-0.4, -0.2) is 90.2 Å². The molecule has 0 spiro atoms. The Morgan fingerprint density at radius 3 is 2.43 bits per heavy atom. The number of hydrogen-bond donors (Lipinski definition) is 2. The molecule has 260 valence electrons. The number of ether oxygens (including phenoxy) is 1. The number of hydrogen-bond acceptors (Lipinski definition) is 10. The molecule has 2 N–H and O–H groups in total. The third-order valence-corrected chi connectivity index (χ3v) is 10.1. The summed E-state index contributed by atoms with van der Waals surface area (Å²) in [5.41, 5.74) is 2.54. The average molecular weight is 675 g/mol. The van der Waals surface area contributed by atoms with Crippen molar-refractivity contribution < 1.29 is 23.1 Å². The van der Waals surface area contributed by atoms with Gasteiger partial charge < -0.3 is 20.3 Å². The van der Waals surface area contributed by atoms with Gasteiger partial charge in [-0.25, -0.2) is 23.8 Å². The maximum Gasteiger partial charge on any atom is 0.247 e. The lowest BCUT2D eigenvalue weighted by Gasteiger charge is -2.46. The molecule has 4 fully saturated rings. The molecule has 0 radical (unpaired) electrons. The quantitative estimate of drug-likeness (QED) is 0.263. The maximum absolute atomic E-state index is 14.0. The summed E-state index contributed by atoms with van der Waals surface area (Å²) in [6.45, 7) is 11.5. The van der Waals surface area contributed by atoms with E-state index in [-0.39, 0.29) is 5.91 Å². The van der Waals surface area contributed by atoms with Crippen LogP contribution in [0.1, 0.15) is 50.6 Å². The predicted octanol–water partition coefficient (Wildman–Crippen LogP) is 5.65. The normalized spacial score (nSPS) is 22.3. The molecule has 4 heterocycles. The van der Waals surface area contributed by atoms with E-state index in [1.54, 1.807) is 18.2 Å². The van der Waals surface area contributed by atoms with Gasteiger partial charge in [0.1, 0.15) is 29.5 Å². The lowest BCUT2D eigenvalue weighted by atomic mass is 9.99. The van der Waals surface area contributed by atoms with Crippen molar-refractivity contribution in [1.82, 2.24) is 19.8 Å². The van der Waals surface area contributed by atoms with E-state index in [4.69, 9.17) is 9.57 Å². The second-order valence-corrected chi connectivity index (χ2v) is 13.3. The highest BCUT2D eigenvalue weighted by Gasteiger charge is 2.38. The Hall–Kier alpha value is -4.33. The zero-order chi connectivity index (χ0) is 34.1. The number of piperidine rings is 1. The molecule has 1 amide bonds. The van der Waals surface area contributed by atoms with Gasteiger partial charge in [0, 0.05) is 75.5 Å². The molecule has 0 unspecified atom stereocenters. The van der Waals surface area contributed by atoms with Crippen molar-refractivity contribution in [1.29, 1.82) is 0 Å². The Morgan fingerprint density at radius 2 is 1.73 bits per heavy atom. The van der Waals surface area contributed by atoms with E-state index in [1.807, 2.05) is 12.1 Å². The van der Waals surface area contributed by atoms with Crippen molar-refractivity contribution in [3.05, 3.63) is 72.6 Å². The summed E-state index contributed by atoms with van der Waals surface area (Å²) in [4.78, 5) is 34.9. The van der Waals surface area contributed by atoms with Gasteiger partial charge in [0.2, 0.25) is 5.91 Å². The van der Waals surface area contributed by atoms with Gasteiger partial charge in [-0.3, -0.25) is 19.4 Å². The third kappa shape index (κ3) is 7.34. The molecule has 1 aromatic heterocycles. The van der Waals surface area contributed by atoms with Crippen molar-refractivity contribution in [3.8, 4) is 5.75 Å². The number of benzene rings is 2. The fourth-order valence-corrected chi connectivity index (χ4v) is 7.57. The van der Waals surface area contributed by atoms with Gasteiger partial charge in [-0.2, -0.15) is 0 Å². The van der Waals surface area contributed by atoms with Crippen LogP contribution in [0.5, 0.6) is 5.75 Å². The summed E-state index contributed by atoms with van der Waals surface area (Å²) in [6, 6.07) is 10.4. The van der Waals surface area contributed by atoms with Gasteiger partial charge in [-0.1, -0.05) is 6.58 Å². The van der Waals surface area contributed by atoms with Crippen molar-refractivity contribution in [3.63, 3.8) is 0 Å². The maximum atomic E-state index is 14.0. The Bertz CT molecular complexity index is 1660. The first-order chi connectivity index (χ1) is 23.8. The number of nitrogens with one attached hydrogen (secondary N) is 2. The number of carbonyl (C=O) groups excluding carboxylic acids is 1. The van der Waals surface area contributed by atoms with Crippen LogP contribution in [0.3, 0.4) is 0 Å². The Kier molecular flexibility index (Phi) is 9.66. The van der Waals surface area contributed by atoms with Crippen molar-refractivity contribution in [2.45, 2.75) is 63.2 Å². The van der Waals surface area contributed by atoms with Crippen LogP contribution in [0.4, 0.5) is 37.5 Å². The number of carbonyl (C=O) groups is 1. The molecule has 3 aliphatic heterocycles. The minimum absolute atomic E-state index is 0.315. The second-order valence-electron chi connectivity index (χ2n) is 13.3. The van der Waals surface area contributed by atoms with Crippen LogP contribution in [0.15, 0.2) is 55.4 Å². The van der Waals surface area contributed by atoms with Crippen LogP contribution in [-0.2, 0) is 9.63 Å². The van der Waals surface area contributed by atoms with Crippen LogP contribution < -0.4 is 25.3 Å². The first-order valence-corrected chi connectivity index (χ1v) is 17.2. The highest BCUT2D eigenvalue weighted by molar-refractivity contribution is 6.02. The number of anilines is 5. The fraction of sp³-hybridized carbons (Fsp3) is 0.472. The number of amides is 1. The largest absolute Gasteiger partial charge is 0.494 e. The zero-order valence-corrected chi connectivity index (χ0v) is 28.1.